The van der Waals surface area contributed by atoms with E-state index in [1.807, 2.05) is 0 Å². The van der Waals surface area contributed by atoms with Gasteiger partial charge in [-0.3, -0.25) is 0 Å². The number of phenols is 2. The van der Waals surface area contributed by atoms with Crippen LogP contribution >= 0.6 is 0 Å². The third kappa shape index (κ3) is 2.38. The summed E-state index contributed by atoms with van der Waals surface area (Å²) in [5, 5.41) is 57.7. The summed E-state index contributed by atoms with van der Waals surface area (Å²) in [7, 11) is 0. The van der Waals surface area contributed by atoms with E-state index in [-0.39, 0.29) is 17.1 Å². The minimum Gasteiger partial charge on any atom is -0.507 e. The molecule has 1 saturated heterocycles. The van der Waals surface area contributed by atoms with Crippen molar-refractivity contribution in [3.05, 3.63) is 23.8 Å². The van der Waals surface area contributed by atoms with Crippen LogP contribution in [0.15, 0.2) is 18.2 Å². The SMILES string of the molecule is OC[C@H]1O[C@@H](c2c(O)cccc2O)[C@H](O)[C@@H](O)[C@@H]1O. The Morgan fingerprint density at radius 2 is 1.53 bits per heavy atom. The fraction of sp³-hybridized carbons (Fsp3) is 0.500. The van der Waals surface area contributed by atoms with Gasteiger partial charge in [-0.15, -0.1) is 0 Å². The Morgan fingerprint density at radius 3 is 2.05 bits per heavy atom. The monoisotopic (exact) mass is 272 g/mol. The fourth-order valence-electron chi connectivity index (χ4n) is 2.17. The summed E-state index contributed by atoms with van der Waals surface area (Å²) in [5.41, 5.74) is -0.0978. The molecule has 0 aliphatic carbocycles. The van der Waals surface area contributed by atoms with E-state index in [0.717, 1.165) is 0 Å². The van der Waals surface area contributed by atoms with E-state index in [1.165, 1.54) is 18.2 Å². The Labute approximate surface area is 108 Å². The van der Waals surface area contributed by atoms with E-state index < -0.39 is 37.1 Å². The van der Waals surface area contributed by atoms with Crippen molar-refractivity contribution in [2.24, 2.45) is 0 Å². The van der Waals surface area contributed by atoms with Crippen molar-refractivity contribution in [3.8, 4) is 11.5 Å². The minimum atomic E-state index is -1.56. The lowest BCUT2D eigenvalue weighted by atomic mass is 9.90. The molecule has 19 heavy (non-hydrogen) atoms. The Balaban J connectivity index is 2.38. The van der Waals surface area contributed by atoms with Crippen LogP contribution in [0.5, 0.6) is 11.5 Å². The largest absolute Gasteiger partial charge is 0.507 e. The quantitative estimate of drug-likeness (QED) is 0.391. The van der Waals surface area contributed by atoms with Crippen LogP contribution in [0, 0.1) is 0 Å². The summed E-state index contributed by atoms with van der Waals surface area (Å²) >= 11 is 0. The van der Waals surface area contributed by atoms with Crippen LogP contribution in [0.2, 0.25) is 0 Å². The lowest BCUT2D eigenvalue weighted by Gasteiger charge is -2.40. The molecule has 7 heteroatoms. The van der Waals surface area contributed by atoms with E-state index in [0.29, 0.717) is 0 Å². The van der Waals surface area contributed by atoms with Gasteiger partial charge in [-0.25, -0.2) is 0 Å². The highest BCUT2D eigenvalue weighted by Crippen LogP contribution is 2.40. The van der Waals surface area contributed by atoms with Crippen LogP contribution in [-0.4, -0.2) is 61.7 Å². The normalized spacial score (nSPS) is 35.3. The lowest BCUT2D eigenvalue weighted by Crippen LogP contribution is -2.55. The summed E-state index contributed by atoms with van der Waals surface area (Å²) < 4.78 is 5.25. The van der Waals surface area contributed by atoms with E-state index in [4.69, 9.17) is 9.84 Å². The molecule has 7 nitrogen and oxygen atoms in total. The molecule has 1 heterocycles. The Morgan fingerprint density at radius 1 is 0.947 bits per heavy atom. The van der Waals surface area contributed by atoms with Gasteiger partial charge in [0.1, 0.15) is 42.0 Å². The highest BCUT2D eigenvalue weighted by Gasteiger charge is 2.45. The second-order valence-electron chi connectivity index (χ2n) is 4.46. The number of aliphatic hydroxyl groups excluding tert-OH is 4. The molecule has 1 aliphatic heterocycles. The molecule has 6 N–H and O–H groups in total. The fourth-order valence-corrected chi connectivity index (χ4v) is 2.17. The number of aliphatic hydroxyl groups is 4. The van der Waals surface area contributed by atoms with E-state index >= 15 is 0 Å². The molecule has 0 amide bonds. The lowest BCUT2D eigenvalue weighted by molar-refractivity contribution is -0.232. The van der Waals surface area contributed by atoms with Crippen molar-refractivity contribution in [1.29, 1.82) is 0 Å². The van der Waals surface area contributed by atoms with Gasteiger partial charge in [0.25, 0.3) is 0 Å². The molecule has 0 radical (unpaired) electrons. The topological polar surface area (TPSA) is 131 Å². The number of rotatable bonds is 2. The average Bonchev–Trinajstić information content (AvgIpc) is 2.38. The van der Waals surface area contributed by atoms with Gasteiger partial charge in [-0.1, -0.05) is 6.07 Å². The molecule has 0 aromatic heterocycles. The van der Waals surface area contributed by atoms with Crippen molar-refractivity contribution in [3.63, 3.8) is 0 Å². The van der Waals surface area contributed by atoms with E-state index in [1.54, 1.807) is 0 Å². The van der Waals surface area contributed by atoms with Gasteiger partial charge in [0.2, 0.25) is 0 Å². The molecule has 0 bridgehead atoms. The molecule has 1 aromatic rings. The molecule has 5 atom stereocenters. The Bertz CT molecular complexity index is 427. The van der Waals surface area contributed by atoms with Crippen LogP contribution in [0.3, 0.4) is 0 Å². The zero-order valence-corrected chi connectivity index (χ0v) is 9.92. The second-order valence-corrected chi connectivity index (χ2v) is 4.46. The number of hydrogen-bond acceptors (Lipinski definition) is 7. The van der Waals surface area contributed by atoms with E-state index in [2.05, 4.69) is 0 Å². The first kappa shape index (κ1) is 14.0. The summed E-state index contributed by atoms with van der Waals surface area (Å²) in [6.45, 7) is -0.574. The zero-order chi connectivity index (χ0) is 14.2. The maximum Gasteiger partial charge on any atom is 0.125 e. The molecule has 106 valence electrons. The standard InChI is InChI=1S/C12H16O7/c13-4-7-9(16)10(17)11(18)12(19-7)8-5(14)2-1-3-6(8)15/h1-3,7,9-18H,4H2/t7-,9-,10+,11-,12+/m1/s1. The molecule has 0 spiro atoms. The maximum absolute atomic E-state index is 9.88. The molecule has 1 fully saturated rings. The van der Waals surface area contributed by atoms with Crippen LogP contribution in [0.4, 0.5) is 0 Å². The second kappa shape index (κ2) is 5.32. The minimum absolute atomic E-state index is 0.0978. The van der Waals surface area contributed by atoms with Gasteiger partial charge in [-0.05, 0) is 12.1 Å². The van der Waals surface area contributed by atoms with Crippen LogP contribution < -0.4 is 0 Å². The van der Waals surface area contributed by atoms with Crippen LogP contribution in [-0.2, 0) is 4.74 Å². The van der Waals surface area contributed by atoms with Crippen molar-refractivity contribution in [2.45, 2.75) is 30.5 Å². The summed E-state index contributed by atoms with van der Waals surface area (Å²) in [4.78, 5) is 0. The Kier molecular flexibility index (Phi) is 3.93. The van der Waals surface area contributed by atoms with Gasteiger partial charge < -0.3 is 35.4 Å². The number of ether oxygens (including phenoxy) is 1. The predicted molar refractivity (Wildman–Crippen MR) is 62.5 cm³/mol. The van der Waals surface area contributed by atoms with Crippen LogP contribution in [0.1, 0.15) is 11.7 Å². The van der Waals surface area contributed by atoms with Crippen molar-refractivity contribution in [2.75, 3.05) is 6.61 Å². The summed E-state index contributed by atoms with van der Waals surface area (Å²) in [6, 6.07) is 3.98. The van der Waals surface area contributed by atoms with Gasteiger partial charge in [0.15, 0.2) is 0 Å². The summed E-state index contributed by atoms with van der Waals surface area (Å²) in [5.74, 6) is -0.631. The van der Waals surface area contributed by atoms with Crippen molar-refractivity contribution < 1.29 is 35.4 Å². The average molecular weight is 272 g/mol. The summed E-state index contributed by atoms with van der Waals surface area (Å²) in [6.07, 6.45) is -6.93. The highest BCUT2D eigenvalue weighted by atomic mass is 16.5. The number of phenolic OH excluding ortho intramolecular Hbond substituents is 2. The third-order valence-electron chi connectivity index (χ3n) is 3.24. The van der Waals surface area contributed by atoms with E-state index in [9.17, 15) is 25.5 Å². The first-order valence-electron chi connectivity index (χ1n) is 5.78. The smallest absolute Gasteiger partial charge is 0.125 e. The Hall–Kier alpha value is -1.38. The molecule has 0 unspecified atom stereocenters. The molecule has 1 aromatic carbocycles. The first-order valence-corrected chi connectivity index (χ1v) is 5.78. The highest BCUT2D eigenvalue weighted by molar-refractivity contribution is 5.45. The predicted octanol–water partition coefficient (Wildman–Crippen LogP) is -1.39. The molecular weight excluding hydrogens is 256 g/mol. The van der Waals surface area contributed by atoms with Gasteiger partial charge in [0, 0.05) is 0 Å². The molecule has 0 saturated carbocycles. The number of benzene rings is 1. The number of hydrogen-bond donors (Lipinski definition) is 6. The molecular formula is C12H16O7. The van der Waals surface area contributed by atoms with Gasteiger partial charge in [0.05, 0.1) is 12.2 Å². The molecule has 1 aliphatic rings. The molecule has 2 rings (SSSR count). The van der Waals surface area contributed by atoms with Crippen molar-refractivity contribution in [1.82, 2.24) is 0 Å². The van der Waals surface area contributed by atoms with Gasteiger partial charge in [-0.2, -0.15) is 0 Å². The van der Waals surface area contributed by atoms with Gasteiger partial charge >= 0.3 is 0 Å². The van der Waals surface area contributed by atoms with Crippen LogP contribution in [0.25, 0.3) is 0 Å². The third-order valence-corrected chi connectivity index (χ3v) is 3.24. The number of aromatic hydroxyl groups is 2. The maximum atomic E-state index is 9.88. The van der Waals surface area contributed by atoms with Crippen molar-refractivity contribution >= 4 is 0 Å². The zero-order valence-electron chi connectivity index (χ0n) is 9.92. The first-order chi connectivity index (χ1) is 8.97.